The Morgan fingerprint density at radius 1 is 1.05 bits per heavy atom. The van der Waals surface area contributed by atoms with Crippen molar-refractivity contribution in [3.05, 3.63) is 35.9 Å². The Hall–Kier alpha value is -1.04. The molecule has 0 fully saturated rings. The van der Waals surface area contributed by atoms with Crippen molar-refractivity contribution in [2.75, 3.05) is 0 Å². The Labute approximate surface area is 138 Å². The molecule has 0 spiro atoms. The first-order valence-electron chi connectivity index (χ1n) is 8.78. The maximum atomic E-state index is 4.51. The molecular weight excluding hydrogens is 282 g/mol. The molecule has 22 heavy (non-hydrogen) atoms. The van der Waals surface area contributed by atoms with Crippen LogP contribution in [0.3, 0.4) is 0 Å². The molecule has 0 aromatic heterocycles. The normalized spacial score (nSPS) is 14.0. The molecule has 0 bridgehead atoms. The molecule has 122 valence electrons. The molecule has 3 N–H and O–H groups in total. The van der Waals surface area contributed by atoms with E-state index in [4.69, 9.17) is 0 Å². The molecule has 1 nitrogen and oxygen atoms in total. The van der Waals surface area contributed by atoms with Gasteiger partial charge in [0, 0.05) is 26.5 Å². The number of benzene rings is 1. The van der Waals surface area contributed by atoms with Crippen LogP contribution in [-0.2, 0) is 5.54 Å². The van der Waals surface area contributed by atoms with Gasteiger partial charge in [-0.2, -0.15) is 0 Å². The van der Waals surface area contributed by atoms with Crippen molar-refractivity contribution in [3.63, 3.8) is 0 Å². The summed E-state index contributed by atoms with van der Waals surface area (Å²) in [5.74, 6) is 6.87. The zero-order valence-electron chi connectivity index (χ0n) is 15.0. The Bertz CT molecular complexity index is 478. The minimum absolute atomic E-state index is 0.228. The summed E-state index contributed by atoms with van der Waals surface area (Å²) in [6, 6.07) is 12.0. The third-order valence-corrected chi connectivity index (χ3v) is 5.94. The van der Waals surface area contributed by atoms with Crippen LogP contribution in [0.2, 0.25) is 25.7 Å². The highest BCUT2D eigenvalue weighted by atomic mass is 28.3. The first-order valence-corrected chi connectivity index (χ1v) is 12.5. The number of unbranched alkanes of at least 4 members (excludes halogenated alkanes) is 3. The van der Waals surface area contributed by atoms with E-state index in [-0.39, 0.29) is 5.54 Å². The molecule has 0 aliphatic carbocycles. The van der Waals surface area contributed by atoms with Gasteiger partial charge in [0.2, 0.25) is 0 Å². The van der Waals surface area contributed by atoms with Crippen LogP contribution in [-0.4, -0.2) is 8.07 Å². The first kappa shape index (κ1) is 19.0. The predicted octanol–water partition coefficient (Wildman–Crippen LogP) is 4.83. The summed E-state index contributed by atoms with van der Waals surface area (Å²) in [7, 11) is -0.925. The monoisotopic (exact) mass is 316 g/mol. The van der Waals surface area contributed by atoms with Gasteiger partial charge in [0.15, 0.2) is 5.54 Å². The molecule has 0 saturated heterocycles. The Morgan fingerprint density at radius 3 is 2.32 bits per heavy atom. The lowest BCUT2D eigenvalue weighted by Crippen LogP contribution is -2.69. The number of rotatable bonds is 8. The summed E-state index contributed by atoms with van der Waals surface area (Å²) in [5.41, 5.74) is 5.55. The van der Waals surface area contributed by atoms with Crippen molar-refractivity contribution in [3.8, 4) is 11.8 Å². The standard InChI is InChI=1S/C20H33NSi/c1-5-6-7-11-16-20(21,19-14-9-8-10-15-19)17-12-13-18-22(2,3)4/h8-10,14-15H,5-7,12-13,17-18,21H2,1-4H3/p+1. The van der Waals surface area contributed by atoms with Crippen LogP contribution in [0.15, 0.2) is 30.3 Å². The molecule has 1 aromatic rings. The molecule has 1 rings (SSSR count). The summed E-state index contributed by atoms with van der Waals surface area (Å²) in [6.45, 7) is 9.57. The Morgan fingerprint density at radius 2 is 1.73 bits per heavy atom. The van der Waals surface area contributed by atoms with E-state index in [0.29, 0.717) is 0 Å². The molecule has 0 aliphatic heterocycles. The fraction of sp³-hybridized carbons (Fsp3) is 0.600. The van der Waals surface area contributed by atoms with E-state index in [1.165, 1.54) is 37.3 Å². The van der Waals surface area contributed by atoms with Crippen LogP contribution >= 0.6 is 0 Å². The molecule has 0 heterocycles. The quantitative estimate of drug-likeness (QED) is 0.404. The number of hydrogen-bond acceptors (Lipinski definition) is 0. The van der Waals surface area contributed by atoms with Gasteiger partial charge in [-0.1, -0.05) is 81.7 Å². The van der Waals surface area contributed by atoms with Crippen molar-refractivity contribution in [1.29, 1.82) is 0 Å². The van der Waals surface area contributed by atoms with Crippen LogP contribution in [0.4, 0.5) is 0 Å². The van der Waals surface area contributed by atoms with Crippen LogP contribution in [0.1, 0.15) is 51.0 Å². The third-order valence-electron chi connectivity index (χ3n) is 4.09. The largest absolute Gasteiger partial charge is 0.339 e. The number of hydrogen-bond donors (Lipinski definition) is 1. The van der Waals surface area contributed by atoms with Crippen LogP contribution in [0.5, 0.6) is 0 Å². The van der Waals surface area contributed by atoms with Gasteiger partial charge in [-0.05, 0) is 18.8 Å². The topological polar surface area (TPSA) is 27.6 Å². The Balaban J connectivity index is 2.72. The number of quaternary nitrogens is 1. The molecule has 1 unspecified atom stereocenters. The van der Waals surface area contributed by atoms with Crippen LogP contribution in [0.25, 0.3) is 0 Å². The molecule has 1 atom stereocenters. The molecule has 0 saturated carbocycles. The second-order valence-electron chi connectivity index (χ2n) is 7.62. The lowest BCUT2D eigenvalue weighted by molar-refractivity contribution is -0.466. The zero-order valence-corrected chi connectivity index (χ0v) is 16.0. The average molecular weight is 317 g/mol. The van der Waals surface area contributed by atoms with Gasteiger partial charge in [-0.25, -0.2) is 0 Å². The van der Waals surface area contributed by atoms with Gasteiger partial charge in [0.1, 0.15) is 0 Å². The van der Waals surface area contributed by atoms with Crippen molar-refractivity contribution in [2.45, 2.75) is 76.7 Å². The molecule has 0 amide bonds. The Kier molecular flexibility index (Phi) is 7.93. The van der Waals surface area contributed by atoms with Gasteiger partial charge in [0.05, 0.1) is 0 Å². The van der Waals surface area contributed by atoms with Crippen molar-refractivity contribution >= 4 is 8.07 Å². The molecule has 2 heteroatoms. The SMILES string of the molecule is CCCCC#CC([NH3+])(CCCC[Si](C)(C)C)c1ccccc1. The van der Waals surface area contributed by atoms with Crippen LogP contribution < -0.4 is 5.73 Å². The minimum Gasteiger partial charge on any atom is -0.339 e. The second kappa shape index (κ2) is 9.18. The predicted molar refractivity (Wildman–Crippen MR) is 100 cm³/mol. The van der Waals surface area contributed by atoms with Gasteiger partial charge >= 0.3 is 0 Å². The highest BCUT2D eigenvalue weighted by Gasteiger charge is 2.28. The molecular formula is C20H34NSi+. The molecule has 1 aromatic carbocycles. The highest BCUT2D eigenvalue weighted by Crippen LogP contribution is 2.24. The van der Waals surface area contributed by atoms with Gasteiger partial charge in [-0.15, -0.1) is 0 Å². The molecule has 0 radical (unpaired) electrons. The van der Waals surface area contributed by atoms with E-state index in [9.17, 15) is 0 Å². The van der Waals surface area contributed by atoms with E-state index in [2.05, 4.69) is 74.5 Å². The average Bonchev–Trinajstić information content (AvgIpc) is 2.48. The summed E-state index contributed by atoms with van der Waals surface area (Å²) in [6.07, 6.45) is 7.01. The highest BCUT2D eigenvalue weighted by molar-refractivity contribution is 6.76. The van der Waals surface area contributed by atoms with E-state index in [1.807, 2.05) is 0 Å². The second-order valence-corrected chi connectivity index (χ2v) is 13.2. The van der Waals surface area contributed by atoms with Crippen molar-refractivity contribution < 1.29 is 5.73 Å². The lowest BCUT2D eigenvalue weighted by atomic mass is 9.86. The third kappa shape index (κ3) is 7.29. The fourth-order valence-corrected chi connectivity index (χ4v) is 3.93. The van der Waals surface area contributed by atoms with E-state index >= 15 is 0 Å². The van der Waals surface area contributed by atoms with E-state index in [1.54, 1.807) is 0 Å². The van der Waals surface area contributed by atoms with E-state index < -0.39 is 8.07 Å². The maximum absolute atomic E-state index is 4.51. The van der Waals surface area contributed by atoms with E-state index in [0.717, 1.165) is 12.8 Å². The lowest BCUT2D eigenvalue weighted by Gasteiger charge is -2.22. The fourth-order valence-electron chi connectivity index (χ4n) is 2.62. The van der Waals surface area contributed by atoms with Gasteiger partial charge < -0.3 is 5.73 Å². The van der Waals surface area contributed by atoms with Crippen LogP contribution in [0, 0.1) is 11.8 Å². The maximum Gasteiger partial charge on any atom is 0.181 e. The summed E-state index contributed by atoms with van der Waals surface area (Å²) in [5, 5.41) is 0. The molecule has 0 aliphatic rings. The van der Waals surface area contributed by atoms with Crippen molar-refractivity contribution in [1.82, 2.24) is 0 Å². The first-order chi connectivity index (χ1) is 10.4. The summed E-state index contributed by atoms with van der Waals surface area (Å²) < 4.78 is 0. The smallest absolute Gasteiger partial charge is 0.181 e. The zero-order chi connectivity index (χ0) is 16.5. The minimum atomic E-state index is -0.925. The summed E-state index contributed by atoms with van der Waals surface area (Å²) in [4.78, 5) is 0. The van der Waals surface area contributed by atoms with Gasteiger partial charge in [0.25, 0.3) is 0 Å². The summed E-state index contributed by atoms with van der Waals surface area (Å²) >= 11 is 0. The van der Waals surface area contributed by atoms with Crippen molar-refractivity contribution in [2.24, 2.45) is 0 Å². The van der Waals surface area contributed by atoms with Gasteiger partial charge in [-0.3, -0.25) is 0 Å².